The molecule has 27 nitrogen and oxygen atoms in total. The van der Waals surface area contributed by atoms with Crippen molar-refractivity contribution in [1.82, 2.24) is 14.7 Å². The second kappa shape index (κ2) is 59.1. The molecule has 0 radical (unpaired) electrons. The zero-order valence-electron chi connectivity index (χ0n) is 69.5. The van der Waals surface area contributed by atoms with E-state index in [1.54, 1.807) is 62.9 Å². The molecule has 114 heavy (non-hydrogen) atoms. The standard InChI is InChI=1S/C22H29NO7.C20H31NO4.C12H14Cl3NO3.C12H17NO5.C10H14O3.CH3ClO.CH2I.BH3I.ClH.HI/c1-14(24)30-20-13-21(25)23(22(20)26)16-6-4-5-7-17(16)29-11-10-15-8-9-18(27-2)19(12-15)28-3;1-23-19-8-7-15(13-20(19)24-2)10-12-25-18-6-4-3-5-17(18)21-11-9-16(22)14-21;1-17-9-4-3-8(7-10(9)18-2)5-6-19-11(16)12(13,14)15;1-7(14)18-10-6-11(16)13(12(10)17)8-4-2-3-5-9(8)15;1-12-9-4-3-8(5-6-11)7-10(9)13-2;1-3-2;2*1-2;;/h8-9,12,16-17,20H,4-7,10-11,13H2,1-3H3;7-8,13,16-18,22H,3-6,9-12,14H2,1-2H3;3-4,7,16H,5-6H2,1-2H3;8-10,15H,2-6H2,1H3;3-4,7,11H,5-6H2,1-2H3;1H3;1H2;1H3;2*1H/q;;;;;;2*-1;;/p-1/t16-,17-,20-;16-,17-,18-;;8-,9-,10-;;;;;;/m11.1....../s1/i;11D2,14D2;;;;;;;;. The number of amides is 4. The van der Waals surface area contributed by atoms with E-state index in [2.05, 4.69) is 43.5 Å². The minimum Gasteiger partial charge on any atom is -1.00 e. The van der Waals surface area contributed by atoms with Crippen LogP contribution in [0.2, 0.25) is 0 Å². The number of carbonyl (C=O) groups excluding carboxylic acids is 6. The molecule has 6 fully saturated rings. The molecule has 36 heteroatoms. The molecule has 4 N–H and O–H groups in total. The Labute approximate surface area is 748 Å². The number of likely N-dealkylation sites (tertiary alicyclic amines) is 3. The van der Waals surface area contributed by atoms with Crippen molar-refractivity contribution < 1.29 is 139 Å². The SMILES string of the molecule is CC(=O)O[C@@H]1CC(=O)N([C@@H]2CCCC[C@H]2O)C1=O.COCl.COc1ccc(CCO)cc1OC.COc1ccc(CCOC(=N)C(Cl)(Cl)Cl)cc1OC.COc1ccc(CCO[C@@H]2CCCC[C@H]2N2C(=O)C[C@@H](OC(C)=O)C2=O)cc1OC.Cl.[2H]C1([2H])C[C@@H](O)C([2H])([2H])N1[C@@H]1CCCC[C@H]1OCCc1ccc(OC)c(OC)c1.[BH3-]I.[CH2-]I.[I-]. The van der Waals surface area contributed by atoms with Crippen LogP contribution in [0.5, 0.6) is 46.0 Å². The number of alkyl halides is 3. The number of imide groups is 2. The average molecular weight is 2050 g/mol. The number of nitrogens with zero attached hydrogens (tertiary/aromatic N) is 3. The molecule has 0 unspecified atom stereocenters. The van der Waals surface area contributed by atoms with E-state index in [0.29, 0.717) is 111 Å². The van der Waals surface area contributed by atoms with E-state index in [1.807, 2.05) is 89.3 Å². The Morgan fingerprint density at radius 1 is 0.535 bits per heavy atom. The van der Waals surface area contributed by atoms with E-state index in [9.17, 15) is 39.0 Å². The largest absolute Gasteiger partial charge is 1.00 e. The Kier molecular flexibility index (Phi) is 51.9. The molecule has 4 aromatic rings. The first-order valence-electron chi connectivity index (χ1n) is 37.9. The number of β-amino-alcohol motifs (C(OH)–C–C–N with tert-alkyl or cyclic N) is 1. The first kappa shape index (κ1) is 100.0. The van der Waals surface area contributed by atoms with E-state index in [0.717, 1.165) is 84.2 Å². The number of ether oxygens (including phenoxy) is 13. The Bertz CT molecular complexity index is 3710. The van der Waals surface area contributed by atoms with E-state index >= 15 is 0 Å². The lowest BCUT2D eigenvalue weighted by Crippen LogP contribution is -3.00. The number of nitrogens with one attached hydrogen (secondary N) is 1. The van der Waals surface area contributed by atoms with Crippen LogP contribution in [0.15, 0.2) is 72.8 Å². The number of rotatable bonds is 26. The van der Waals surface area contributed by atoms with Gasteiger partial charge in [0.05, 0.1) is 145 Å². The van der Waals surface area contributed by atoms with Crippen molar-refractivity contribution in [3.05, 3.63) is 100.0 Å². The van der Waals surface area contributed by atoms with Gasteiger partial charge in [0.1, 0.15) is 0 Å². The first-order valence-corrected chi connectivity index (χ1v) is 38.8. The first-order chi connectivity index (χ1) is 55.3. The topological polar surface area (TPSA) is 326 Å². The summed E-state index contributed by atoms with van der Waals surface area (Å²) in [5.74, 6) is 2.24. The summed E-state index contributed by atoms with van der Waals surface area (Å²) in [4.78, 5) is 77.9. The molecular formula is C78H114BCl5I3N4O23-3. The number of hydrogen-bond acceptors (Lipinski definition) is 25. The molecular weight excluding hydrogens is 1930 g/mol. The van der Waals surface area contributed by atoms with E-state index < -0.39 is 82.9 Å². The summed E-state index contributed by atoms with van der Waals surface area (Å²) in [5, 5.41) is 36.1. The van der Waals surface area contributed by atoms with Gasteiger partial charge in [0.25, 0.3) is 15.6 Å². The molecule has 0 spiro atoms. The van der Waals surface area contributed by atoms with Crippen molar-refractivity contribution in [2.24, 2.45) is 0 Å². The maximum Gasteiger partial charge on any atom is 0.303 e. The van der Waals surface area contributed by atoms with Gasteiger partial charge in [0.15, 0.2) is 58.2 Å². The highest BCUT2D eigenvalue weighted by atomic mass is 127. The van der Waals surface area contributed by atoms with Crippen LogP contribution < -0.4 is 61.9 Å². The van der Waals surface area contributed by atoms with Crippen molar-refractivity contribution in [1.29, 1.82) is 5.41 Å². The lowest BCUT2D eigenvalue weighted by Gasteiger charge is -2.37. The van der Waals surface area contributed by atoms with Crippen LogP contribution >= 0.6 is 104 Å². The molecule has 9 atom stereocenters. The van der Waals surface area contributed by atoms with Crippen LogP contribution in [0, 0.1) is 10.3 Å². The number of carbonyl (C=O) groups is 6. The summed E-state index contributed by atoms with van der Waals surface area (Å²) < 4.78 is 104. The fourth-order valence-corrected chi connectivity index (χ4v) is 13.1. The highest BCUT2D eigenvalue weighted by molar-refractivity contribution is 14.1. The number of halogens is 8. The molecule has 4 aromatic carbocycles. The molecule has 3 aliphatic carbocycles. The zero-order valence-corrected chi connectivity index (χ0v) is 75.8. The zero-order chi connectivity index (χ0) is 87.0. The quantitative estimate of drug-likeness (QED) is 0.00666. The maximum absolute atomic E-state index is 12.7. The van der Waals surface area contributed by atoms with Crippen molar-refractivity contribution in [3.63, 3.8) is 0 Å². The van der Waals surface area contributed by atoms with E-state index in [-0.39, 0.29) is 98.9 Å². The van der Waals surface area contributed by atoms with Crippen molar-refractivity contribution >= 4 is 151 Å². The Morgan fingerprint density at radius 3 is 1.19 bits per heavy atom. The molecule has 3 aliphatic heterocycles. The van der Waals surface area contributed by atoms with Gasteiger partial charge in [-0.05, 0) is 135 Å². The smallest absolute Gasteiger partial charge is 0.303 e. The number of benzene rings is 4. The minimum absolute atomic E-state index is 0. The average Bonchev–Trinajstić information content (AvgIpc) is 1.59. The lowest BCUT2D eigenvalue weighted by molar-refractivity contribution is -0.158. The number of esters is 2. The lowest BCUT2D eigenvalue weighted by atomic mass is 9.91. The molecule has 10 rings (SSSR count). The normalized spacial score (nSPS) is 22.1. The molecule has 3 saturated carbocycles. The number of aliphatic hydroxyl groups is 3. The second-order valence-corrected chi connectivity index (χ2v) is 28.0. The second-order valence-electron chi connectivity index (χ2n) is 25.4. The van der Waals surface area contributed by atoms with E-state index in [4.69, 9.17) is 112 Å². The van der Waals surface area contributed by atoms with Gasteiger partial charge >= 0.3 is 11.9 Å². The van der Waals surface area contributed by atoms with Gasteiger partial charge in [0, 0.05) is 57.1 Å². The monoisotopic (exact) mass is 2050 g/mol. The molecule has 3 heterocycles. The Morgan fingerprint density at radius 2 is 0.860 bits per heavy atom. The highest BCUT2D eigenvalue weighted by Crippen LogP contribution is 2.36. The van der Waals surface area contributed by atoms with Gasteiger partial charge in [-0.25, -0.2) is 0 Å². The molecule has 6 aliphatic rings. The van der Waals surface area contributed by atoms with Crippen LogP contribution in [0.1, 0.15) is 138 Å². The maximum atomic E-state index is 12.7. The fraction of sp³-hybridized carbons (Fsp3) is 0.590. The molecule has 4 amide bonds. The van der Waals surface area contributed by atoms with Gasteiger partial charge in [-0.1, -0.05) is 97.6 Å². The Hall–Kier alpha value is -4.61. The number of hydrogen-bond donors (Lipinski definition) is 4. The minimum atomic E-state index is -2.10. The van der Waals surface area contributed by atoms with E-state index in [1.165, 1.54) is 30.8 Å². The predicted molar refractivity (Wildman–Crippen MR) is 456 cm³/mol. The van der Waals surface area contributed by atoms with Crippen molar-refractivity contribution in [2.75, 3.05) is 103 Å². The molecule has 646 valence electrons. The summed E-state index contributed by atoms with van der Waals surface area (Å²) in [7, 11) is 14.1. The van der Waals surface area contributed by atoms with Crippen molar-refractivity contribution in [3.8, 4) is 46.0 Å². The van der Waals surface area contributed by atoms with Gasteiger partial charge in [-0.15, -0.1) is 12.4 Å². The van der Waals surface area contributed by atoms with Crippen LogP contribution in [0.3, 0.4) is 0 Å². The summed E-state index contributed by atoms with van der Waals surface area (Å²) in [6.45, 7) is -0.264. The Balaban J connectivity index is 0.000000739. The fourth-order valence-electron chi connectivity index (χ4n) is 13.0. The molecule has 0 bridgehead atoms. The summed E-state index contributed by atoms with van der Waals surface area (Å²) in [6.07, 6.45) is 7.28. The molecule has 3 saturated heterocycles. The van der Waals surface area contributed by atoms with Crippen LogP contribution in [0.25, 0.3) is 0 Å². The predicted octanol–water partition coefficient (Wildman–Crippen LogP) is 8.86. The van der Waals surface area contributed by atoms with Gasteiger partial charge in [0.2, 0.25) is 17.7 Å². The van der Waals surface area contributed by atoms with Crippen molar-refractivity contribution in [2.45, 2.75) is 194 Å². The van der Waals surface area contributed by atoms with Crippen LogP contribution in [-0.2, 0) is 82.4 Å². The molecule has 0 aromatic heterocycles. The van der Waals surface area contributed by atoms with Crippen LogP contribution in [-0.4, -0.2) is 239 Å². The third kappa shape index (κ3) is 35.8. The summed E-state index contributed by atoms with van der Waals surface area (Å²) in [5.41, 5.74) is 4.81. The summed E-state index contributed by atoms with van der Waals surface area (Å²) >= 11 is 25.3. The van der Waals surface area contributed by atoms with Gasteiger partial charge in [-0.3, -0.25) is 58.1 Å². The highest BCUT2D eigenvalue weighted by Gasteiger charge is 2.48. The summed E-state index contributed by atoms with van der Waals surface area (Å²) in [6, 6.07) is 21.4. The van der Waals surface area contributed by atoms with Gasteiger partial charge < -0.3 is 146 Å². The van der Waals surface area contributed by atoms with Crippen LogP contribution in [0.4, 0.5) is 0 Å². The number of methoxy groups -OCH3 is 8. The third-order valence-corrected chi connectivity index (χ3v) is 18.7. The van der Waals surface area contributed by atoms with Gasteiger partial charge in [-0.2, -0.15) is 0 Å². The third-order valence-electron chi connectivity index (χ3n) is 18.2. The number of aliphatic hydroxyl groups excluding tert-OH is 3.